The van der Waals surface area contributed by atoms with Crippen LogP contribution in [0.15, 0.2) is 30.5 Å². The number of para-hydroxylation sites is 1. The molecule has 2 aromatic rings. The fraction of sp³-hybridized carbons (Fsp3) is 0.467. The molecule has 2 N–H and O–H groups in total. The molecular formula is C15H18N2O2. The highest BCUT2D eigenvalue weighted by molar-refractivity contribution is 5.84. The molecule has 0 radical (unpaired) electrons. The summed E-state index contributed by atoms with van der Waals surface area (Å²) < 4.78 is 11.5. The molecule has 0 aliphatic carbocycles. The zero-order valence-corrected chi connectivity index (χ0v) is 10.8. The van der Waals surface area contributed by atoms with Crippen molar-refractivity contribution in [1.82, 2.24) is 10.3 Å². The Labute approximate surface area is 112 Å². The Morgan fingerprint density at radius 1 is 1.21 bits per heavy atom. The summed E-state index contributed by atoms with van der Waals surface area (Å²) in [4.78, 5) is 3.37. The van der Waals surface area contributed by atoms with Gasteiger partial charge in [0.05, 0.1) is 31.3 Å². The van der Waals surface area contributed by atoms with Gasteiger partial charge in [0.25, 0.3) is 0 Å². The van der Waals surface area contributed by atoms with Crippen molar-refractivity contribution in [3.63, 3.8) is 0 Å². The highest BCUT2D eigenvalue weighted by atomic mass is 16.5. The fourth-order valence-corrected chi connectivity index (χ4v) is 3.24. The van der Waals surface area contributed by atoms with Crippen LogP contribution in [0.3, 0.4) is 0 Å². The van der Waals surface area contributed by atoms with E-state index in [4.69, 9.17) is 9.47 Å². The van der Waals surface area contributed by atoms with Crippen LogP contribution in [0.1, 0.15) is 5.56 Å². The summed E-state index contributed by atoms with van der Waals surface area (Å²) in [6.45, 7) is 4.14. The van der Waals surface area contributed by atoms with Gasteiger partial charge in [-0.2, -0.15) is 0 Å². The van der Waals surface area contributed by atoms with Crippen LogP contribution in [0.25, 0.3) is 10.9 Å². The maximum atomic E-state index is 6.00. The molecule has 3 heterocycles. The zero-order valence-electron chi connectivity index (χ0n) is 10.8. The first-order chi connectivity index (χ1) is 9.40. The molecule has 100 valence electrons. The van der Waals surface area contributed by atoms with Crippen LogP contribution in [0.4, 0.5) is 0 Å². The molecule has 0 spiro atoms. The van der Waals surface area contributed by atoms with Gasteiger partial charge in [-0.25, -0.2) is 0 Å². The van der Waals surface area contributed by atoms with E-state index in [0.717, 1.165) is 32.9 Å². The number of morpholine rings is 1. The van der Waals surface area contributed by atoms with Gasteiger partial charge in [-0.15, -0.1) is 0 Å². The predicted octanol–water partition coefficient (Wildman–Crippen LogP) is 1.42. The molecule has 4 heteroatoms. The molecule has 2 saturated heterocycles. The number of benzene rings is 1. The number of hydrogen-bond donors (Lipinski definition) is 2. The Bertz CT molecular complexity index is 583. The van der Waals surface area contributed by atoms with E-state index in [-0.39, 0.29) is 11.5 Å². The van der Waals surface area contributed by atoms with E-state index in [0.29, 0.717) is 0 Å². The van der Waals surface area contributed by atoms with Gasteiger partial charge >= 0.3 is 0 Å². The molecule has 0 bridgehead atoms. The van der Waals surface area contributed by atoms with Crippen LogP contribution in [0.2, 0.25) is 0 Å². The van der Waals surface area contributed by atoms with E-state index in [1.165, 1.54) is 16.5 Å². The standard InChI is InChI=1S/C15H18N2O2/c1-2-4-13-11(3-1)12(7-17-13)15(9-18-10-15)14-8-16-5-6-19-14/h1-4,7,14,16-17H,5-6,8-10H2. The lowest BCUT2D eigenvalue weighted by Crippen LogP contribution is -2.61. The third-order valence-electron chi connectivity index (χ3n) is 4.39. The lowest BCUT2D eigenvalue weighted by Gasteiger charge is -2.48. The number of fused-ring (bicyclic) bond motifs is 1. The molecule has 1 unspecified atom stereocenters. The van der Waals surface area contributed by atoms with Gasteiger partial charge in [0.2, 0.25) is 0 Å². The van der Waals surface area contributed by atoms with Crippen LogP contribution < -0.4 is 5.32 Å². The Hall–Kier alpha value is -1.36. The van der Waals surface area contributed by atoms with E-state index >= 15 is 0 Å². The Kier molecular flexibility index (Phi) is 2.62. The molecule has 1 aromatic heterocycles. The average molecular weight is 258 g/mol. The first kappa shape index (κ1) is 11.5. The molecule has 2 aliphatic rings. The van der Waals surface area contributed by atoms with Crippen LogP contribution in [-0.2, 0) is 14.9 Å². The van der Waals surface area contributed by atoms with Crippen LogP contribution in [0, 0.1) is 0 Å². The van der Waals surface area contributed by atoms with E-state index in [2.05, 4.69) is 40.8 Å². The molecule has 1 atom stereocenters. The minimum Gasteiger partial charge on any atom is -0.379 e. The number of H-pyrrole nitrogens is 1. The number of aromatic amines is 1. The number of rotatable bonds is 2. The summed E-state index contributed by atoms with van der Waals surface area (Å²) in [7, 11) is 0. The minimum atomic E-state index is 0.00697. The Balaban J connectivity index is 1.79. The maximum absolute atomic E-state index is 6.00. The van der Waals surface area contributed by atoms with E-state index in [1.54, 1.807) is 0 Å². The molecular weight excluding hydrogens is 240 g/mol. The molecule has 1 aromatic carbocycles. The van der Waals surface area contributed by atoms with Crippen molar-refractivity contribution in [2.24, 2.45) is 0 Å². The quantitative estimate of drug-likeness (QED) is 0.856. The molecule has 0 saturated carbocycles. The summed E-state index contributed by atoms with van der Waals surface area (Å²) in [5.74, 6) is 0. The van der Waals surface area contributed by atoms with Gasteiger partial charge in [0, 0.05) is 30.2 Å². The maximum Gasteiger partial charge on any atom is 0.0841 e. The topological polar surface area (TPSA) is 46.3 Å². The second-order valence-electron chi connectivity index (χ2n) is 5.46. The van der Waals surface area contributed by atoms with Gasteiger partial charge in [-0.05, 0) is 11.6 Å². The van der Waals surface area contributed by atoms with Gasteiger partial charge < -0.3 is 19.8 Å². The van der Waals surface area contributed by atoms with Crippen molar-refractivity contribution in [2.75, 3.05) is 32.9 Å². The Morgan fingerprint density at radius 2 is 2.11 bits per heavy atom. The molecule has 19 heavy (non-hydrogen) atoms. The van der Waals surface area contributed by atoms with Crippen LogP contribution in [0.5, 0.6) is 0 Å². The van der Waals surface area contributed by atoms with Crippen LogP contribution >= 0.6 is 0 Å². The van der Waals surface area contributed by atoms with E-state index in [9.17, 15) is 0 Å². The summed E-state index contributed by atoms with van der Waals surface area (Å²) in [6.07, 6.45) is 2.33. The third kappa shape index (κ3) is 1.64. The summed E-state index contributed by atoms with van der Waals surface area (Å²) in [5, 5.41) is 4.72. The lowest BCUT2D eigenvalue weighted by molar-refractivity contribution is -0.145. The average Bonchev–Trinajstić information content (AvgIpc) is 2.84. The van der Waals surface area contributed by atoms with Crippen molar-refractivity contribution in [2.45, 2.75) is 11.5 Å². The number of nitrogens with one attached hydrogen (secondary N) is 2. The predicted molar refractivity (Wildman–Crippen MR) is 73.4 cm³/mol. The van der Waals surface area contributed by atoms with Gasteiger partial charge in [0.1, 0.15) is 0 Å². The van der Waals surface area contributed by atoms with Crippen molar-refractivity contribution in [3.05, 3.63) is 36.0 Å². The Morgan fingerprint density at radius 3 is 2.84 bits per heavy atom. The van der Waals surface area contributed by atoms with Crippen LogP contribution in [-0.4, -0.2) is 44.0 Å². The molecule has 2 aliphatic heterocycles. The number of hydrogen-bond acceptors (Lipinski definition) is 3. The number of aromatic nitrogens is 1. The highest BCUT2D eigenvalue weighted by Crippen LogP contribution is 2.41. The first-order valence-electron chi connectivity index (χ1n) is 6.87. The normalized spacial score (nSPS) is 26.2. The second kappa shape index (κ2) is 4.34. The second-order valence-corrected chi connectivity index (χ2v) is 5.46. The molecule has 4 rings (SSSR count). The summed E-state index contributed by atoms with van der Waals surface area (Å²) in [6, 6.07) is 8.45. The molecule has 4 nitrogen and oxygen atoms in total. The monoisotopic (exact) mass is 258 g/mol. The third-order valence-corrected chi connectivity index (χ3v) is 4.39. The first-order valence-corrected chi connectivity index (χ1v) is 6.87. The zero-order chi connectivity index (χ0) is 12.7. The number of ether oxygens (including phenoxy) is 2. The van der Waals surface area contributed by atoms with E-state index in [1.807, 2.05) is 0 Å². The minimum absolute atomic E-state index is 0.00697. The van der Waals surface area contributed by atoms with Crippen molar-refractivity contribution < 1.29 is 9.47 Å². The van der Waals surface area contributed by atoms with Gasteiger partial charge in [-0.3, -0.25) is 0 Å². The lowest BCUT2D eigenvalue weighted by atomic mass is 9.73. The SMILES string of the molecule is c1ccc2c(C3(C4CNCCO4)COC3)c[nH]c2c1. The van der Waals surface area contributed by atoms with Gasteiger partial charge in [-0.1, -0.05) is 18.2 Å². The smallest absolute Gasteiger partial charge is 0.0841 e. The summed E-state index contributed by atoms with van der Waals surface area (Å²) >= 11 is 0. The highest BCUT2D eigenvalue weighted by Gasteiger charge is 2.49. The van der Waals surface area contributed by atoms with E-state index < -0.39 is 0 Å². The van der Waals surface area contributed by atoms with Gasteiger partial charge in [0.15, 0.2) is 0 Å². The van der Waals surface area contributed by atoms with Crippen molar-refractivity contribution in [1.29, 1.82) is 0 Å². The largest absolute Gasteiger partial charge is 0.379 e. The molecule has 2 fully saturated rings. The summed E-state index contributed by atoms with van der Waals surface area (Å²) in [5.41, 5.74) is 2.53. The fourth-order valence-electron chi connectivity index (χ4n) is 3.24. The molecule has 0 amide bonds. The van der Waals surface area contributed by atoms with Crippen molar-refractivity contribution >= 4 is 10.9 Å². The van der Waals surface area contributed by atoms with Crippen molar-refractivity contribution in [3.8, 4) is 0 Å².